The molecule has 2 unspecified atom stereocenters. The van der Waals surface area contributed by atoms with Gasteiger partial charge in [0.2, 0.25) is 5.91 Å². The van der Waals surface area contributed by atoms with Gasteiger partial charge in [0.1, 0.15) is 12.4 Å². The Balaban J connectivity index is 1.49. The predicted molar refractivity (Wildman–Crippen MR) is 90.0 cm³/mol. The first-order valence-corrected chi connectivity index (χ1v) is 8.80. The zero-order chi connectivity index (χ0) is 16.7. The summed E-state index contributed by atoms with van der Waals surface area (Å²) < 4.78 is 15.3. The van der Waals surface area contributed by atoms with Crippen LogP contribution in [0.2, 0.25) is 0 Å². The van der Waals surface area contributed by atoms with E-state index >= 15 is 0 Å². The second kappa shape index (κ2) is 5.88. The number of amides is 1. The van der Waals surface area contributed by atoms with Gasteiger partial charge in [0.15, 0.2) is 0 Å². The van der Waals surface area contributed by atoms with Crippen molar-refractivity contribution in [2.45, 2.75) is 44.2 Å². The highest BCUT2D eigenvalue weighted by Gasteiger charge is 2.43. The van der Waals surface area contributed by atoms with E-state index in [0.717, 1.165) is 36.6 Å². The number of aromatic nitrogens is 1. The smallest absolute Gasteiger partial charge is 0.242 e. The predicted octanol–water partition coefficient (Wildman–Crippen LogP) is 2.93. The Kier molecular flexibility index (Phi) is 3.83. The molecule has 4 rings (SSSR count). The maximum atomic E-state index is 13.5. The summed E-state index contributed by atoms with van der Waals surface area (Å²) in [5.41, 5.74) is 0.174. The largest absolute Gasteiger partial charge is 0.389 e. The van der Waals surface area contributed by atoms with E-state index < -0.39 is 5.60 Å². The number of rotatable bonds is 2. The summed E-state index contributed by atoms with van der Waals surface area (Å²) in [6.07, 6.45) is 6.59. The molecule has 1 aliphatic heterocycles. The quantitative estimate of drug-likeness (QED) is 0.920. The van der Waals surface area contributed by atoms with Crippen molar-refractivity contribution in [3.63, 3.8) is 0 Å². The Morgan fingerprint density at radius 3 is 3.04 bits per heavy atom. The molecule has 1 saturated carbocycles. The first-order chi connectivity index (χ1) is 11.5. The van der Waals surface area contributed by atoms with Crippen LogP contribution in [0.25, 0.3) is 10.9 Å². The summed E-state index contributed by atoms with van der Waals surface area (Å²) in [5.74, 6) is -0.0488. The SMILES string of the molecule is O=C(Cn1ccc2ccc(F)cc21)N1CCC2(O)CCCCC2C1. The fourth-order valence-corrected chi connectivity index (χ4v) is 4.34. The molecule has 1 aliphatic carbocycles. The van der Waals surface area contributed by atoms with Gasteiger partial charge in [-0.2, -0.15) is 0 Å². The van der Waals surface area contributed by atoms with Crippen LogP contribution < -0.4 is 0 Å². The van der Waals surface area contributed by atoms with Crippen molar-refractivity contribution in [3.05, 3.63) is 36.3 Å². The number of carbonyl (C=O) groups is 1. The highest BCUT2D eigenvalue weighted by atomic mass is 19.1. The standard InChI is InChI=1S/C19H23FN2O2/c20-16-5-4-14-6-9-21(17(14)11-16)13-18(23)22-10-8-19(24)7-2-1-3-15(19)12-22/h4-6,9,11,15,24H,1-3,7-8,10,12-13H2. The highest BCUT2D eigenvalue weighted by Crippen LogP contribution is 2.39. The number of likely N-dealkylation sites (tertiary alicyclic amines) is 1. The topological polar surface area (TPSA) is 45.5 Å². The second-order valence-corrected chi connectivity index (χ2v) is 7.28. The summed E-state index contributed by atoms with van der Waals surface area (Å²) in [6.45, 7) is 1.47. The highest BCUT2D eigenvalue weighted by molar-refractivity contribution is 5.83. The van der Waals surface area contributed by atoms with Crippen LogP contribution in [0.4, 0.5) is 4.39 Å². The number of carbonyl (C=O) groups excluding carboxylic acids is 1. The third-order valence-corrected chi connectivity index (χ3v) is 5.82. The van der Waals surface area contributed by atoms with Gasteiger partial charge in [0.05, 0.1) is 11.1 Å². The van der Waals surface area contributed by atoms with E-state index in [0.29, 0.717) is 19.5 Å². The lowest BCUT2D eigenvalue weighted by Crippen LogP contribution is -2.55. The van der Waals surface area contributed by atoms with Crippen LogP contribution in [-0.4, -0.2) is 39.2 Å². The van der Waals surface area contributed by atoms with E-state index in [4.69, 9.17) is 0 Å². The lowest BCUT2D eigenvalue weighted by atomic mass is 9.71. The van der Waals surface area contributed by atoms with Crippen molar-refractivity contribution < 1.29 is 14.3 Å². The first kappa shape index (κ1) is 15.6. The molecular formula is C19H23FN2O2. The summed E-state index contributed by atoms with van der Waals surface area (Å²) >= 11 is 0. The van der Waals surface area contributed by atoms with Gasteiger partial charge in [0, 0.05) is 25.2 Å². The van der Waals surface area contributed by atoms with Crippen molar-refractivity contribution in [2.24, 2.45) is 5.92 Å². The number of nitrogens with zero attached hydrogens (tertiary/aromatic N) is 2. The van der Waals surface area contributed by atoms with Crippen LogP contribution in [0.5, 0.6) is 0 Å². The summed E-state index contributed by atoms with van der Waals surface area (Å²) in [5, 5.41) is 11.7. The molecular weight excluding hydrogens is 307 g/mol. The fourth-order valence-electron chi connectivity index (χ4n) is 4.34. The summed E-state index contributed by atoms with van der Waals surface area (Å²) in [6, 6.07) is 6.54. The Hall–Kier alpha value is -1.88. The molecule has 1 aromatic carbocycles. The molecule has 4 nitrogen and oxygen atoms in total. The van der Waals surface area contributed by atoms with Gasteiger partial charge >= 0.3 is 0 Å². The number of piperidine rings is 1. The van der Waals surface area contributed by atoms with Gasteiger partial charge in [-0.3, -0.25) is 4.79 Å². The molecule has 2 aliphatic rings. The molecule has 2 atom stereocenters. The maximum Gasteiger partial charge on any atom is 0.242 e. The zero-order valence-corrected chi connectivity index (χ0v) is 13.7. The number of halogens is 1. The zero-order valence-electron chi connectivity index (χ0n) is 13.7. The van der Waals surface area contributed by atoms with Gasteiger partial charge in [-0.1, -0.05) is 12.8 Å². The molecule has 2 fully saturated rings. The number of benzene rings is 1. The molecule has 0 spiro atoms. The van der Waals surface area contributed by atoms with Crippen molar-refractivity contribution in [1.82, 2.24) is 9.47 Å². The minimum absolute atomic E-state index is 0.0457. The monoisotopic (exact) mass is 330 g/mol. The van der Waals surface area contributed by atoms with Crippen molar-refractivity contribution in [2.75, 3.05) is 13.1 Å². The van der Waals surface area contributed by atoms with E-state index in [1.165, 1.54) is 12.1 Å². The second-order valence-electron chi connectivity index (χ2n) is 7.28. The van der Waals surface area contributed by atoms with Crippen LogP contribution in [0.3, 0.4) is 0 Å². The average molecular weight is 330 g/mol. The molecule has 1 amide bonds. The van der Waals surface area contributed by atoms with Gasteiger partial charge < -0.3 is 14.6 Å². The Morgan fingerprint density at radius 1 is 1.29 bits per heavy atom. The number of aliphatic hydroxyl groups is 1. The number of hydrogen-bond donors (Lipinski definition) is 1. The molecule has 5 heteroatoms. The normalized spacial score (nSPS) is 27.2. The van der Waals surface area contributed by atoms with Crippen LogP contribution in [0.1, 0.15) is 32.1 Å². The van der Waals surface area contributed by atoms with E-state index in [1.807, 2.05) is 21.7 Å². The van der Waals surface area contributed by atoms with E-state index in [2.05, 4.69) is 0 Å². The molecule has 0 radical (unpaired) electrons. The molecule has 128 valence electrons. The lowest BCUT2D eigenvalue weighted by Gasteiger charge is -2.47. The van der Waals surface area contributed by atoms with Gasteiger partial charge in [-0.25, -0.2) is 4.39 Å². The molecule has 1 aromatic heterocycles. The number of hydrogen-bond acceptors (Lipinski definition) is 2. The summed E-state index contributed by atoms with van der Waals surface area (Å²) in [7, 11) is 0. The van der Waals surface area contributed by atoms with Crippen molar-refractivity contribution >= 4 is 16.8 Å². The van der Waals surface area contributed by atoms with Crippen LogP contribution in [0, 0.1) is 11.7 Å². The Labute approximate surface area is 140 Å². The third-order valence-electron chi connectivity index (χ3n) is 5.82. The van der Waals surface area contributed by atoms with E-state index in [-0.39, 0.29) is 24.2 Å². The molecule has 0 bridgehead atoms. The molecule has 2 aromatic rings. The van der Waals surface area contributed by atoms with Crippen molar-refractivity contribution in [3.8, 4) is 0 Å². The third kappa shape index (κ3) is 2.71. The van der Waals surface area contributed by atoms with Gasteiger partial charge in [-0.15, -0.1) is 0 Å². The van der Waals surface area contributed by atoms with Crippen LogP contribution >= 0.6 is 0 Å². The van der Waals surface area contributed by atoms with Gasteiger partial charge in [-0.05, 0) is 48.9 Å². The lowest BCUT2D eigenvalue weighted by molar-refractivity contribution is -0.143. The first-order valence-electron chi connectivity index (χ1n) is 8.80. The minimum atomic E-state index is -0.571. The maximum absolute atomic E-state index is 13.5. The number of fused-ring (bicyclic) bond motifs is 2. The van der Waals surface area contributed by atoms with Crippen LogP contribution in [-0.2, 0) is 11.3 Å². The summed E-state index contributed by atoms with van der Waals surface area (Å²) in [4.78, 5) is 14.6. The minimum Gasteiger partial charge on any atom is -0.389 e. The van der Waals surface area contributed by atoms with Crippen molar-refractivity contribution in [1.29, 1.82) is 0 Å². The van der Waals surface area contributed by atoms with Gasteiger partial charge in [0.25, 0.3) is 0 Å². The van der Waals surface area contributed by atoms with E-state index in [9.17, 15) is 14.3 Å². The Morgan fingerprint density at radius 2 is 2.17 bits per heavy atom. The average Bonchev–Trinajstić information content (AvgIpc) is 2.96. The molecule has 1 saturated heterocycles. The Bertz CT molecular complexity index is 772. The molecule has 1 N–H and O–H groups in total. The van der Waals surface area contributed by atoms with Crippen LogP contribution in [0.15, 0.2) is 30.5 Å². The molecule has 24 heavy (non-hydrogen) atoms. The molecule has 2 heterocycles. The van der Waals surface area contributed by atoms with E-state index in [1.54, 1.807) is 6.07 Å². The fraction of sp³-hybridized carbons (Fsp3) is 0.526.